The van der Waals surface area contributed by atoms with Gasteiger partial charge in [0.05, 0.1) is 0 Å². The van der Waals surface area contributed by atoms with E-state index in [1.54, 1.807) is 11.3 Å². The smallest absolute Gasteiger partial charge is 0.234 e. The quantitative estimate of drug-likeness (QED) is 0.729. The molecule has 1 atom stereocenters. The lowest BCUT2D eigenvalue weighted by Gasteiger charge is -2.28. The molecule has 1 aliphatic heterocycles. The van der Waals surface area contributed by atoms with Gasteiger partial charge in [-0.05, 0) is 44.1 Å². The normalized spacial score (nSPS) is 19.5. The van der Waals surface area contributed by atoms with Crippen LogP contribution in [0.25, 0.3) is 4.96 Å². The maximum Gasteiger partial charge on any atom is 0.234 e. The van der Waals surface area contributed by atoms with Gasteiger partial charge in [-0.2, -0.15) is 9.61 Å². The van der Waals surface area contributed by atoms with Crippen molar-refractivity contribution in [2.45, 2.75) is 25.2 Å². The number of rotatable bonds is 3. The molecule has 1 unspecified atom stereocenters. The number of halogens is 1. The molecule has 23 heavy (non-hydrogen) atoms. The van der Waals surface area contributed by atoms with Crippen molar-refractivity contribution < 1.29 is 0 Å². The van der Waals surface area contributed by atoms with Gasteiger partial charge in [0.25, 0.3) is 0 Å². The Kier molecular flexibility index (Phi) is 4.05. The maximum absolute atomic E-state index is 5.94. The van der Waals surface area contributed by atoms with Crippen LogP contribution in [-0.2, 0) is 6.42 Å². The zero-order valence-electron chi connectivity index (χ0n) is 12.9. The van der Waals surface area contributed by atoms with Crippen LogP contribution in [-0.4, -0.2) is 44.8 Å². The van der Waals surface area contributed by atoms with Gasteiger partial charge in [-0.1, -0.05) is 35.1 Å². The molecular weight excluding hydrogens is 330 g/mol. The molecule has 0 amide bonds. The standard InChI is InChI=1S/C16H18ClN5S/c1-21-8-2-3-12(10-21)15-18-19-16-22(15)20-14(23-16)9-11-4-6-13(17)7-5-11/h4-7,12H,2-3,8-10H2,1H3. The van der Waals surface area contributed by atoms with Crippen molar-refractivity contribution in [3.05, 3.63) is 45.7 Å². The topological polar surface area (TPSA) is 46.3 Å². The van der Waals surface area contributed by atoms with E-state index in [0.29, 0.717) is 5.92 Å². The summed E-state index contributed by atoms with van der Waals surface area (Å²) in [6.45, 7) is 2.20. The van der Waals surface area contributed by atoms with Crippen molar-refractivity contribution in [1.82, 2.24) is 24.7 Å². The van der Waals surface area contributed by atoms with Crippen molar-refractivity contribution in [1.29, 1.82) is 0 Å². The van der Waals surface area contributed by atoms with Gasteiger partial charge in [0.1, 0.15) is 5.01 Å². The Morgan fingerprint density at radius 1 is 1.26 bits per heavy atom. The molecule has 5 nitrogen and oxygen atoms in total. The minimum Gasteiger partial charge on any atom is -0.306 e. The highest BCUT2D eigenvalue weighted by Gasteiger charge is 2.25. The van der Waals surface area contributed by atoms with Crippen LogP contribution in [0, 0.1) is 0 Å². The first kappa shape index (κ1) is 15.1. The zero-order chi connectivity index (χ0) is 15.8. The third-order valence-electron chi connectivity index (χ3n) is 4.32. The first-order chi connectivity index (χ1) is 11.2. The second kappa shape index (κ2) is 6.19. The van der Waals surface area contributed by atoms with E-state index >= 15 is 0 Å². The fourth-order valence-corrected chi connectivity index (χ4v) is 4.15. The van der Waals surface area contributed by atoms with Gasteiger partial charge < -0.3 is 4.90 Å². The Bertz CT molecular complexity index is 810. The molecule has 7 heteroatoms. The van der Waals surface area contributed by atoms with Crippen molar-refractivity contribution in [3.8, 4) is 0 Å². The Balaban J connectivity index is 1.60. The Labute approximate surface area is 143 Å². The molecule has 3 aromatic rings. The number of benzene rings is 1. The second-order valence-corrected chi connectivity index (χ2v) is 7.63. The highest BCUT2D eigenvalue weighted by Crippen LogP contribution is 2.27. The highest BCUT2D eigenvalue weighted by atomic mass is 35.5. The van der Waals surface area contributed by atoms with Crippen molar-refractivity contribution >= 4 is 27.9 Å². The molecule has 120 valence electrons. The van der Waals surface area contributed by atoms with Gasteiger partial charge in [0.2, 0.25) is 4.96 Å². The lowest BCUT2D eigenvalue weighted by molar-refractivity contribution is 0.244. The Hall–Kier alpha value is -1.50. The van der Waals surface area contributed by atoms with Gasteiger partial charge in [0, 0.05) is 23.9 Å². The van der Waals surface area contributed by atoms with Crippen LogP contribution in [0.15, 0.2) is 24.3 Å². The number of nitrogens with zero attached hydrogens (tertiary/aromatic N) is 5. The van der Waals surface area contributed by atoms with E-state index in [4.69, 9.17) is 16.7 Å². The molecule has 1 aromatic carbocycles. The summed E-state index contributed by atoms with van der Waals surface area (Å²) < 4.78 is 1.94. The predicted molar refractivity (Wildman–Crippen MR) is 92.4 cm³/mol. The molecule has 0 spiro atoms. The zero-order valence-corrected chi connectivity index (χ0v) is 14.5. The molecule has 0 aliphatic carbocycles. The largest absolute Gasteiger partial charge is 0.306 e. The van der Waals surface area contributed by atoms with Gasteiger partial charge in [-0.25, -0.2) is 0 Å². The molecular formula is C16H18ClN5S. The third kappa shape index (κ3) is 3.11. The number of hydrogen-bond donors (Lipinski definition) is 0. The average Bonchev–Trinajstić information content (AvgIpc) is 3.09. The van der Waals surface area contributed by atoms with Crippen LogP contribution < -0.4 is 0 Å². The average molecular weight is 348 g/mol. The Morgan fingerprint density at radius 3 is 2.87 bits per heavy atom. The minimum atomic E-state index is 0.425. The molecule has 0 radical (unpaired) electrons. The molecule has 1 saturated heterocycles. The first-order valence-corrected chi connectivity index (χ1v) is 9.02. The predicted octanol–water partition coefficient (Wildman–Crippen LogP) is 3.24. The summed E-state index contributed by atoms with van der Waals surface area (Å²) >= 11 is 7.55. The summed E-state index contributed by atoms with van der Waals surface area (Å²) in [6.07, 6.45) is 3.17. The van der Waals surface area contributed by atoms with Crippen LogP contribution in [0.4, 0.5) is 0 Å². The summed E-state index contributed by atoms with van der Waals surface area (Å²) in [5, 5.41) is 15.3. The van der Waals surface area contributed by atoms with Crippen LogP contribution in [0.3, 0.4) is 0 Å². The van der Waals surface area contributed by atoms with Gasteiger partial charge in [-0.15, -0.1) is 10.2 Å². The van der Waals surface area contributed by atoms with Gasteiger partial charge >= 0.3 is 0 Å². The van der Waals surface area contributed by atoms with Crippen molar-refractivity contribution in [2.75, 3.05) is 20.1 Å². The monoisotopic (exact) mass is 347 g/mol. The lowest BCUT2D eigenvalue weighted by atomic mass is 9.98. The van der Waals surface area contributed by atoms with Crippen molar-refractivity contribution in [3.63, 3.8) is 0 Å². The molecule has 0 N–H and O–H groups in total. The summed E-state index contributed by atoms with van der Waals surface area (Å²) in [5.74, 6) is 1.43. The summed E-state index contributed by atoms with van der Waals surface area (Å²) in [4.78, 5) is 3.24. The molecule has 3 heterocycles. The summed E-state index contributed by atoms with van der Waals surface area (Å²) in [6, 6.07) is 7.92. The first-order valence-electron chi connectivity index (χ1n) is 7.83. The number of likely N-dealkylation sites (tertiary alicyclic amines) is 1. The summed E-state index contributed by atoms with van der Waals surface area (Å²) in [7, 11) is 2.16. The molecule has 0 saturated carbocycles. The highest BCUT2D eigenvalue weighted by molar-refractivity contribution is 7.16. The summed E-state index contributed by atoms with van der Waals surface area (Å²) in [5.41, 5.74) is 1.21. The van der Waals surface area contributed by atoms with E-state index in [1.165, 1.54) is 12.0 Å². The number of hydrogen-bond acceptors (Lipinski definition) is 5. The van der Waals surface area contributed by atoms with E-state index in [1.807, 2.05) is 28.8 Å². The van der Waals surface area contributed by atoms with E-state index in [9.17, 15) is 0 Å². The van der Waals surface area contributed by atoms with E-state index < -0.39 is 0 Å². The number of piperidine rings is 1. The van der Waals surface area contributed by atoms with E-state index in [-0.39, 0.29) is 0 Å². The minimum absolute atomic E-state index is 0.425. The third-order valence-corrected chi connectivity index (χ3v) is 5.47. The molecule has 0 bridgehead atoms. The Morgan fingerprint density at radius 2 is 2.09 bits per heavy atom. The number of likely N-dealkylation sites (N-methyl/N-ethyl adjacent to an activating group) is 1. The maximum atomic E-state index is 5.94. The van der Waals surface area contributed by atoms with Crippen molar-refractivity contribution in [2.24, 2.45) is 0 Å². The van der Waals surface area contributed by atoms with Gasteiger partial charge in [-0.3, -0.25) is 0 Å². The van der Waals surface area contributed by atoms with Crippen LogP contribution in [0.2, 0.25) is 5.02 Å². The fraction of sp³-hybridized carbons (Fsp3) is 0.438. The molecule has 1 fully saturated rings. The number of fused-ring (bicyclic) bond motifs is 1. The van der Waals surface area contributed by atoms with E-state index in [0.717, 1.165) is 46.7 Å². The molecule has 2 aromatic heterocycles. The second-order valence-electron chi connectivity index (χ2n) is 6.15. The van der Waals surface area contributed by atoms with Crippen LogP contribution in [0.1, 0.15) is 35.2 Å². The SMILES string of the molecule is CN1CCCC(c2nnc3sc(Cc4ccc(Cl)cc4)nn23)C1. The molecule has 1 aliphatic rings. The fourth-order valence-electron chi connectivity index (χ4n) is 3.15. The van der Waals surface area contributed by atoms with Crippen LogP contribution >= 0.6 is 22.9 Å². The van der Waals surface area contributed by atoms with Gasteiger partial charge in [0.15, 0.2) is 5.82 Å². The molecule has 4 rings (SSSR count). The number of aromatic nitrogens is 4. The van der Waals surface area contributed by atoms with E-state index in [2.05, 4.69) is 22.1 Å². The lowest BCUT2D eigenvalue weighted by Crippen LogP contribution is -2.31. The van der Waals surface area contributed by atoms with Crippen LogP contribution in [0.5, 0.6) is 0 Å².